The van der Waals surface area contributed by atoms with E-state index >= 15 is 0 Å². The number of halogens is 2. The summed E-state index contributed by atoms with van der Waals surface area (Å²) in [6, 6.07) is 9.51. The van der Waals surface area contributed by atoms with Gasteiger partial charge in [-0.2, -0.15) is 0 Å². The molecule has 0 saturated heterocycles. The van der Waals surface area contributed by atoms with Crippen LogP contribution in [-0.4, -0.2) is 18.1 Å². The third-order valence-corrected chi connectivity index (χ3v) is 3.55. The van der Waals surface area contributed by atoms with E-state index in [2.05, 4.69) is 21.2 Å². The highest BCUT2D eigenvalue weighted by atomic mass is 79.9. The molecule has 0 saturated carbocycles. The normalized spacial score (nSPS) is 10.2. The maximum atomic E-state index is 12.1. The van der Waals surface area contributed by atoms with Gasteiger partial charge in [0.05, 0.1) is 18.4 Å². The number of benzene rings is 2. The first-order valence-corrected chi connectivity index (χ1v) is 6.82. The molecule has 2 aromatic carbocycles. The summed E-state index contributed by atoms with van der Waals surface area (Å²) in [7, 11) is 1.48. The molecule has 1 amide bonds. The lowest BCUT2D eigenvalue weighted by molar-refractivity contribution is 0.102. The summed E-state index contributed by atoms with van der Waals surface area (Å²) in [5.41, 5.74) is 0.676. The van der Waals surface area contributed by atoms with Crippen LogP contribution in [0.3, 0.4) is 0 Å². The molecule has 2 aromatic rings. The second-order valence-corrected chi connectivity index (χ2v) is 5.25. The van der Waals surface area contributed by atoms with Gasteiger partial charge in [-0.25, -0.2) is 0 Å². The number of hydrogen-bond acceptors (Lipinski definition) is 3. The maximum Gasteiger partial charge on any atom is 0.259 e. The van der Waals surface area contributed by atoms with Crippen LogP contribution in [-0.2, 0) is 0 Å². The van der Waals surface area contributed by atoms with Crippen LogP contribution in [0.1, 0.15) is 10.4 Å². The van der Waals surface area contributed by atoms with Gasteiger partial charge < -0.3 is 15.2 Å². The minimum Gasteiger partial charge on any atom is -0.507 e. The number of hydrogen-bond donors (Lipinski definition) is 2. The molecule has 0 aromatic heterocycles. The fraction of sp³-hybridized carbons (Fsp3) is 0.0714. The molecular formula is C14H11BrClNO3. The summed E-state index contributed by atoms with van der Waals surface area (Å²) in [4.78, 5) is 12.1. The van der Waals surface area contributed by atoms with Crippen molar-refractivity contribution in [2.24, 2.45) is 0 Å². The van der Waals surface area contributed by atoms with Gasteiger partial charge in [0.15, 0.2) is 0 Å². The fourth-order valence-electron chi connectivity index (χ4n) is 1.61. The van der Waals surface area contributed by atoms with Crippen molar-refractivity contribution in [3.05, 3.63) is 51.5 Å². The lowest BCUT2D eigenvalue weighted by Gasteiger charge is -2.10. The Hall–Kier alpha value is -1.72. The highest BCUT2D eigenvalue weighted by molar-refractivity contribution is 9.10. The number of phenols is 1. The van der Waals surface area contributed by atoms with Gasteiger partial charge in [0.25, 0.3) is 5.91 Å². The molecule has 6 heteroatoms. The highest BCUT2D eigenvalue weighted by Crippen LogP contribution is 2.28. The van der Waals surface area contributed by atoms with E-state index in [9.17, 15) is 9.90 Å². The van der Waals surface area contributed by atoms with Crippen molar-refractivity contribution < 1.29 is 14.6 Å². The number of nitrogens with one attached hydrogen (secondary N) is 1. The summed E-state index contributed by atoms with van der Waals surface area (Å²) >= 11 is 9.20. The molecule has 0 aliphatic carbocycles. The lowest BCUT2D eigenvalue weighted by atomic mass is 10.1. The monoisotopic (exact) mass is 355 g/mol. The van der Waals surface area contributed by atoms with Crippen LogP contribution >= 0.6 is 27.5 Å². The minimum atomic E-state index is -0.437. The first kappa shape index (κ1) is 14.7. The van der Waals surface area contributed by atoms with Crippen LogP contribution in [0.15, 0.2) is 40.9 Å². The van der Waals surface area contributed by atoms with E-state index in [1.807, 2.05) is 0 Å². The predicted molar refractivity (Wildman–Crippen MR) is 81.8 cm³/mol. The Kier molecular flexibility index (Phi) is 4.52. The molecular weight excluding hydrogens is 346 g/mol. The van der Waals surface area contributed by atoms with E-state index in [0.717, 1.165) is 0 Å². The van der Waals surface area contributed by atoms with Crippen molar-refractivity contribution in [2.45, 2.75) is 0 Å². The van der Waals surface area contributed by atoms with Gasteiger partial charge >= 0.3 is 0 Å². The van der Waals surface area contributed by atoms with Crippen molar-refractivity contribution in [1.82, 2.24) is 0 Å². The number of carbonyl (C=O) groups is 1. The molecule has 0 unspecified atom stereocenters. The van der Waals surface area contributed by atoms with Gasteiger partial charge in [-0.1, -0.05) is 11.6 Å². The van der Waals surface area contributed by atoms with E-state index in [4.69, 9.17) is 16.3 Å². The zero-order valence-electron chi connectivity index (χ0n) is 10.5. The first-order valence-electron chi connectivity index (χ1n) is 5.64. The van der Waals surface area contributed by atoms with E-state index in [0.29, 0.717) is 20.9 Å². The zero-order valence-corrected chi connectivity index (χ0v) is 12.8. The number of rotatable bonds is 3. The van der Waals surface area contributed by atoms with Crippen molar-refractivity contribution >= 4 is 39.1 Å². The molecule has 0 radical (unpaired) electrons. The predicted octanol–water partition coefficient (Wildman–Crippen LogP) is 4.07. The molecule has 0 fully saturated rings. The van der Waals surface area contributed by atoms with Crippen molar-refractivity contribution in [2.75, 3.05) is 12.4 Å². The molecule has 2 N–H and O–H groups in total. The van der Waals surface area contributed by atoms with Crippen LogP contribution < -0.4 is 10.1 Å². The Morgan fingerprint density at radius 3 is 2.70 bits per heavy atom. The zero-order chi connectivity index (χ0) is 14.7. The largest absolute Gasteiger partial charge is 0.507 e. The number of phenolic OH excluding ortho intramolecular Hbond substituents is 1. The van der Waals surface area contributed by atoms with Crippen LogP contribution in [0.25, 0.3) is 0 Å². The Labute approximate surface area is 129 Å². The average molecular weight is 357 g/mol. The Balaban J connectivity index is 2.26. The number of methoxy groups -OCH3 is 1. The number of amides is 1. The van der Waals surface area contributed by atoms with Gasteiger partial charge in [-0.3, -0.25) is 4.79 Å². The van der Waals surface area contributed by atoms with Crippen molar-refractivity contribution in [3.63, 3.8) is 0 Å². The summed E-state index contributed by atoms with van der Waals surface area (Å²) < 4.78 is 5.66. The van der Waals surface area contributed by atoms with Gasteiger partial charge in [0, 0.05) is 15.6 Å². The first-order chi connectivity index (χ1) is 9.51. The highest BCUT2D eigenvalue weighted by Gasteiger charge is 2.13. The molecule has 4 nitrogen and oxygen atoms in total. The Morgan fingerprint density at radius 1 is 1.30 bits per heavy atom. The second-order valence-electron chi connectivity index (χ2n) is 3.96. The number of carbonyl (C=O) groups excluding carboxylic acids is 1. The quantitative estimate of drug-likeness (QED) is 0.871. The molecule has 104 valence electrons. The number of aromatic hydroxyl groups is 1. The molecule has 0 spiro atoms. The van der Waals surface area contributed by atoms with E-state index < -0.39 is 5.91 Å². The summed E-state index contributed by atoms with van der Waals surface area (Å²) in [5, 5.41) is 13.0. The topological polar surface area (TPSA) is 58.6 Å². The standard InChI is InChI=1S/C14H11BrClNO3/c1-20-9-3-4-10(13(18)7-9)14(19)17-12-6-8(16)2-5-11(12)15/h2-7,18H,1H3,(H,17,19). The third kappa shape index (κ3) is 3.23. The van der Waals surface area contributed by atoms with E-state index in [1.54, 1.807) is 24.3 Å². The summed E-state index contributed by atoms with van der Waals surface area (Å²) in [5.74, 6) is -0.115. The Bertz CT molecular complexity index is 661. The second kappa shape index (κ2) is 6.15. The minimum absolute atomic E-state index is 0.151. The number of anilines is 1. The molecule has 2 rings (SSSR count). The Morgan fingerprint density at radius 2 is 2.05 bits per heavy atom. The van der Waals surface area contributed by atoms with Crippen LogP contribution in [0.5, 0.6) is 11.5 Å². The smallest absolute Gasteiger partial charge is 0.259 e. The SMILES string of the molecule is COc1ccc(C(=O)Nc2cc(Cl)ccc2Br)c(O)c1. The van der Waals surface area contributed by atoms with Crippen LogP contribution in [0.4, 0.5) is 5.69 Å². The fourth-order valence-corrected chi connectivity index (χ4v) is 2.13. The molecule has 0 aliphatic heterocycles. The summed E-state index contributed by atoms with van der Waals surface area (Å²) in [6.07, 6.45) is 0. The molecule has 0 heterocycles. The van der Waals surface area contributed by atoms with Gasteiger partial charge in [-0.05, 0) is 46.3 Å². The van der Waals surface area contributed by atoms with Crippen LogP contribution in [0.2, 0.25) is 5.02 Å². The van der Waals surface area contributed by atoms with Gasteiger partial charge in [0.1, 0.15) is 11.5 Å². The van der Waals surface area contributed by atoms with Gasteiger partial charge in [0.2, 0.25) is 0 Å². The average Bonchev–Trinajstić information content (AvgIpc) is 2.42. The van der Waals surface area contributed by atoms with Gasteiger partial charge in [-0.15, -0.1) is 0 Å². The van der Waals surface area contributed by atoms with Crippen LogP contribution in [0, 0.1) is 0 Å². The molecule has 0 bridgehead atoms. The van der Waals surface area contributed by atoms with Crippen molar-refractivity contribution in [3.8, 4) is 11.5 Å². The lowest BCUT2D eigenvalue weighted by Crippen LogP contribution is -2.12. The molecule has 0 atom stereocenters. The van der Waals surface area contributed by atoms with E-state index in [1.165, 1.54) is 19.2 Å². The summed E-state index contributed by atoms with van der Waals surface area (Å²) in [6.45, 7) is 0. The maximum absolute atomic E-state index is 12.1. The molecule has 0 aliphatic rings. The van der Waals surface area contributed by atoms with Crippen molar-refractivity contribution in [1.29, 1.82) is 0 Å². The molecule has 20 heavy (non-hydrogen) atoms. The third-order valence-electron chi connectivity index (χ3n) is 2.63. The van der Waals surface area contributed by atoms with E-state index in [-0.39, 0.29) is 11.3 Å². The number of ether oxygens (including phenoxy) is 1.